The third-order valence-corrected chi connectivity index (χ3v) is 7.09. The van der Waals surface area contributed by atoms with Crippen LogP contribution in [0.5, 0.6) is 0 Å². The van der Waals surface area contributed by atoms with Crippen LogP contribution in [0.2, 0.25) is 5.02 Å². The minimum atomic E-state index is -4.43. The Morgan fingerprint density at radius 3 is 2.35 bits per heavy atom. The van der Waals surface area contributed by atoms with E-state index in [2.05, 4.69) is 10.3 Å². The predicted molar refractivity (Wildman–Crippen MR) is 145 cm³/mol. The van der Waals surface area contributed by atoms with Gasteiger partial charge in [0.25, 0.3) is 5.91 Å². The number of rotatable bonds is 5. The van der Waals surface area contributed by atoms with Gasteiger partial charge in [-0.05, 0) is 78.0 Å². The van der Waals surface area contributed by atoms with Crippen molar-refractivity contribution in [2.45, 2.75) is 11.1 Å². The summed E-state index contributed by atoms with van der Waals surface area (Å²) in [6, 6.07) is 25.2. The zero-order valence-corrected chi connectivity index (χ0v) is 21.1. The van der Waals surface area contributed by atoms with Crippen LogP contribution in [0, 0.1) is 0 Å². The Hall–Kier alpha value is -3.68. The summed E-state index contributed by atoms with van der Waals surface area (Å²) >= 11 is 7.96. The van der Waals surface area contributed by atoms with Crippen molar-refractivity contribution in [1.82, 2.24) is 4.98 Å². The number of fused-ring (bicyclic) bond motifs is 1. The van der Waals surface area contributed by atoms with E-state index in [4.69, 9.17) is 11.6 Å². The van der Waals surface area contributed by atoms with Crippen molar-refractivity contribution in [3.63, 3.8) is 0 Å². The highest BCUT2D eigenvalue weighted by Gasteiger charge is 2.30. The van der Waals surface area contributed by atoms with E-state index >= 15 is 0 Å². The van der Waals surface area contributed by atoms with Crippen LogP contribution in [0.25, 0.3) is 33.3 Å². The molecule has 0 aliphatic heterocycles. The molecule has 37 heavy (non-hydrogen) atoms. The first kappa shape index (κ1) is 25.0. The summed E-state index contributed by atoms with van der Waals surface area (Å²) in [7, 11) is 0. The van der Waals surface area contributed by atoms with E-state index in [1.807, 2.05) is 42.7 Å². The summed E-state index contributed by atoms with van der Waals surface area (Å²) in [5, 5.41) is 4.48. The van der Waals surface area contributed by atoms with Crippen molar-refractivity contribution in [2.75, 3.05) is 11.6 Å². The molecule has 2 N–H and O–H groups in total. The largest absolute Gasteiger partial charge is 0.416 e. The van der Waals surface area contributed by atoms with Crippen molar-refractivity contribution in [3.8, 4) is 22.4 Å². The molecule has 0 aliphatic rings. The molecule has 0 saturated heterocycles. The van der Waals surface area contributed by atoms with E-state index in [1.54, 1.807) is 30.3 Å². The van der Waals surface area contributed by atoms with Gasteiger partial charge in [-0.3, -0.25) is 4.79 Å². The van der Waals surface area contributed by atoms with Gasteiger partial charge in [-0.1, -0.05) is 41.9 Å². The minimum absolute atomic E-state index is 0.347. The number of H-pyrrole nitrogens is 1. The first-order valence-electron chi connectivity index (χ1n) is 11.3. The first-order valence-corrected chi connectivity index (χ1v) is 12.9. The number of hydrogen-bond acceptors (Lipinski definition) is 2. The molecule has 3 nitrogen and oxygen atoms in total. The van der Waals surface area contributed by atoms with Crippen LogP contribution < -0.4 is 5.32 Å². The summed E-state index contributed by atoms with van der Waals surface area (Å²) in [6.45, 7) is 0. The molecule has 0 spiro atoms. The van der Waals surface area contributed by atoms with Gasteiger partial charge in [0.2, 0.25) is 0 Å². The molecular formula is C29H20ClF3N2OS. The molecule has 0 fully saturated rings. The lowest BCUT2D eigenvalue weighted by atomic mass is 9.98. The zero-order valence-electron chi connectivity index (χ0n) is 19.5. The number of thioether (sulfide) groups is 1. The maximum atomic E-state index is 13.4. The van der Waals surface area contributed by atoms with Crippen LogP contribution in [0.1, 0.15) is 15.9 Å². The number of amides is 1. The maximum Gasteiger partial charge on any atom is 0.416 e. The molecule has 1 aromatic heterocycles. The van der Waals surface area contributed by atoms with Crippen LogP contribution in [0.4, 0.5) is 18.9 Å². The van der Waals surface area contributed by atoms with E-state index in [9.17, 15) is 18.0 Å². The van der Waals surface area contributed by atoms with Crippen molar-refractivity contribution in [1.29, 1.82) is 0 Å². The topological polar surface area (TPSA) is 44.9 Å². The molecule has 8 heteroatoms. The second kappa shape index (κ2) is 10.00. The normalized spacial score (nSPS) is 11.6. The van der Waals surface area contributed by atoms with Gasteiger partial charge < -0.3 is 10.3 Å². The van der Waals surface area contributed by atoms with E-state index < -0.39 is 11.7 Å². The monoisotopic (exact) mass is 536 g/mol. The number of aromatic amines is 1. The first-order chi connectivity index (χ1) is 17.7. The van der Waals surface area contributed by atoms with E-state index in [1.165, 1.54) is 23.9 Å². The number of carbonyl (C=O) groups is 1. The van der Waals surface area contributed by atoms with Crippen LogP contribution >= 0.6 is 23.4 Å². The highest BCUT2D eigenvalue weighted by molar-refractivity contribution is 7.98. The average Bonchev–Trinajstić information content (AvgIpc) is 3.33. The van der Waals surface area contributed by atoms with E-state index in [-0.39, 0.29) is 5.91 Å². The summed E-state index contributed by atoms with van der Waals surface area (Å²) in [6.07, 6.45) is -2.54. The second-order valence-corrected chi connectivity index (χ2v) is 9.69. The molecule has 0 atom stereocenters. The number of nitrogens with one attached hydrogen (secondary N) is 2. The standard InChI is InChI=1S/C29H20ClF3N2OS/c1-37-21-11-12-22(23(16-21)17-6-8-19(9-7-17)29(31,32)33)28(36)34-20-10-13-25(30)24(15-20)27-14-18-4-2-3-5-26(18)35-27/h2-16,35H,1H3,(H,34,36). The van der Waals surface area contributed by atoms with Crippen LogP contribution in [-0.2, 0) is 6.18 Å². The summed E-state index contributed by atoms with van der Waals surface area (Å²) in [5.41, 5.74) is 3.72. The number of alkyl halides is 3. The van der Waals surface area contributed by atoms with E-state index in [0.717, 1.165) is 39.2 Å². The average molecular weight is 537 g/mol. The molecule has 5 rings (SSSR count). The van der Waals surface area contributed by atoms with Crippen LogP contribution in [0.3, 0.4) is 0 Å². The molecule has 0 radical (unpaired) electrons. The number of carbonyl (C=O) groups excluding carboxylic acids is 1. The quantitative estimate of drug-likeness (QED) is 0.220. The van der Waals surface area contributed by atoms with Gasteiger partial charge in [-0.15, -0.1) is 11.8 Å². The van der Waals surface area contributed by atoms with Gasteiger partial charge in [-0.25, -0.2) is 0 Å². The number of aromatic nitrogens is 1. The number of hydrogen-bond donors (Lipinski definition) is 2. The molecule has 0 bridgehead atoms. The minimum Gasteiger partial charge on any atom is -0.354 e. The summed E-state index contributed by atoms with van der Waals surface area (Å²) in [5.74, 6) is -0.382. The number of halogens is 4. The molecule has 1 amide bonds. The molecule has 186 valence electrons. The second-order valence-electron chi connectivity index (χ2n) is 8.41. The van der Waals surface area contributed by atoms with Gasteiger partial charge >= 0.3 is 6.18 Å². The van der Waals surface area contributed by atoms with Gasteiger partial charge in [0.15, 0.2) is 0 Å². The Morgan fingerprint density at radius 2 is 1.65 bits per heavy atom. The number of benzene rings is 4. The van der Waals surface area contributed by atoms with E-state index in [0.29, 0.717) is 27.4 Å². The zero-order chi connectivity index (χ0) is 26.2. The lowest BCUT2D eigenvalue weighted by Gasteiger charge is -2.14. The third kappa shape index (κ3) is 5.24. The smallest absolute Gasteiger partial charge is 0.354 e. The van der Waals surface area contributed by atoms with Crippen LogP contribution in [-0.4, -0.2) is 17.1 Å². The third-order valence-electron chi connectivity index (χ3n) is 6.04. The fourth-order valence-corrected chi connectivity index (χ4v) is 4.81. The molecule has 4 aromatic carbocycles. The highest BCUT2D eigenvalue weighted by atomic mass is 35.5. The van der Waals surface area contributed by atoms with Gasteiger partial charge in [0, 0.05) is 38.3 Å². The number of anilines is 1. The SMILES string of the molecule is CSc1ccc(C(=O)Nc2ccc(Cl)c(-c3cc4ccccc4[nH]3)c2)c(-c2ccc(C(F)(F)F)cc2)c1. The number of para-hydroxylation sites is 1. The summed E-state index contributed by atoms with van der Waals surface area (Å²) < 4.78 is 39.2. The Morgan fingerprint density at radius 1 is 0.892 bits per heavy atom. The summed E-state index contributed by atoms with van der Waals surface area (Å²) in [4.78, 5) is 17.6. The van der Waals surface area contributed by atoms with Gasteiger partial charge in [0.1, 0.15) is 0 Å². The van der Waals surface area contributed by atoms with Crippen LogP contribution in [0.15, 0.2) is 95.9 Å². The Labute approximate surface area is 220 Å². The predicted octanol–water partition coefficient (Wildman–Crippen LogP) is 9.15. The van der Waals surface area contributed by atoms with Gasteiger partial charge in [0.05, 0.1) is 10.6 Å². The molecule has 0 saturated carbocycles. The molecular weight excluding hydrogens is 517 g/mol. The fourth-order valence-electron chi connectivity index (χ4n) is 4.15. The lowest BCUT2D eigenvalue weighted by Crippen LogP contribution is -2.13. The van der Waals surface area contributed by atoms with Crippen molar-refractivity contribution >= 4 is 45.9 Å². The Kier molecular flexibility index (Phi) is 6.75. The molecule has 5 aromatic rings. The molecule has 0 unspecified atom stereocenters. The van der Waals surface area contributed by atoms with Crippen molar-refractivity contribution in [3.05, 3.63) is 107 Å². The van der Waals surface area contributed by atoms with Crippen molar-refractivity contribution in [2.24, 2.45) is 0 Å². The van der Waals surface area contributed by atoms with Crippen molar-refractivity contribution < 1.29 is 18.0 Å². The molecule has 0 aliphatic carbocycles. The lowest BCUT2D eigenvalue weighted by molar-refractivity contribution is -0.137. The Bertz CT molecular complexity index is 1580. The fraction of sp³-hybridized carbons (Fsp3) is 0.0690. The maximum absolute atomic E-state index is 13.4. The Balaban J connectivity index is 1.48. The highest BCUT2D eigenvalue weighted by Crippen LogP contribution is 2.35. The molecule has 1 heterocycles. The van der Waals surface area contributed by atoms with Gasteiger partial charge in [-0.2, -0.15) is 13.2 Å².